The number of anilines is 2. The van der Waals surface area contributed by atoms with Gasteiger partial charge in [-0.1, -0.05) is 21.2 Å². The molecule has 0 bridgehead atoms. The summed E-state index contributed by atoms with van der Waals surface area (Å²) < 4.78 is 11.2. The van der Waals surface area contributed by atoms with Gasteiger partial charge in [0.2, 0.25) is 5.91 Å². The zero-order chi connectivity index (χ0) is 22.1. The first-order valence-corrected chi connectivity index (χ1v) is 10.0. The Balaban J connectivity index is 1.48. The number of rotatable bonds is 6. The second-order valence-corrected chi connectivity index (χ2v) is 7.71. The van der Waals surface area contributed by atoms with Gasteiger partial charge in [-0.15, -0.1) is 0 Å². The Labute approximate surface area is 185 Å². The van der Waals surface area contributed by atoms with Crippen molar-refractivity contribution in [2.45, 2.75) is 12.1 Å². The molecule has 2 heterocycles. The van der Waals surface area contributed by atoms with Crippen molar-refractivity contribution in [2.24, 2.45) is 10.3 Å². The maximum atomic E-state index is 13.0. The number of fused-ring (bicyclic) bond motifs is 1. The molecule has 1 N–H and O–H groups in total. The van der Waals surface area contributed by atoms with E-state index >= 15 is 0 Å². The smallest absolute Gasteiger partial charge is 0.263 e. The van der Waals surface area contributed by atoms with E-state index in [2.05, 4.69) is 31.6 Å². The fourth-order valence-corrected chi connectivity index (χ4v) is 3.70. The van der Waals surface area contributed by atoms with Crippen LogP contribution in [0.15, 0.2) is 57.3 Å². The van der Waals surface area contributed by atoms with Gasteiger partial charge in [0.1, 0.15) is 18.0 Å². The third-order valence-corrected chi connectivity index (χ3v) is 5.46. The summed E-state index contributed by atoms with van der Waals surface area (Å²) in [6, 6.07) is 9.81. The Morgan fingerprint density at radius 1 is 1.10 bits per heavy atom. The van der Waals surface area contributed by atoms with Gasteiger partial charge in [0.15, 0.2) is 12.1 Å². The van der Waals surface area contributed by atoms with Crippen molar-refractivity contribution < 1.29 is 23.9 Å². The Morgan fingerprint density at radius 3 is 2.52 bits per heavy atom. The maximum absolute atomic E-state index is 13.0. The summed E-state index contributed by atoms with van der Waals surface area (Å²) in [5, 5.41) is 11.8. The minimum absolute atomic E-state index is 0.257. The van der Waals surface area contributed by atoms with Crippen molar-refractivity contribution in [3.63, 3.8) is 0 Å². The number of ether oxygens (including phenoxy) is 2. The third kappa shape index (κ3) is 3.83. The Bertz CT molecular complexity index is 1070. The third-order valence-electron chi connectivity index (χ3n) is 4.93. The monoisotopic (exact) mass is 487 g/mol. The summed E-state index contributed by atoms with van der Waals surface area (Å²) in [6.45, 7) is -0.257. The van der Waals surface area contributed by atoms with Gasteiger partial charge in [-0.2, -0.15) is 5.11 Å². The quantitative estimate of drug-likeness (QED) is 0.625. The summed E-state index contributed by atoms with van der Waals surface area (Å²) in [6.07, 6.45) is 0. The van der Waals surface area contributed by atoms with E-state index in [1.807, 2.05) is 0 Å². The van der Waals surface area contributed by atoms with Crippen LogP contribution in [0.1, 0.15) is 0 Å². The first-order valence-electron chi connectivity index (χ1n) is 9.25. The average Bonchev–Trinajstić information content (AvgIpc) is 3.28. The van der Waals surface area contributed by atoms with Crippen LogP contribution >= 0.6 is 15.9 Å². The molecular formula is C20H18BrN5O5. The average molecular weight is 488 g/mol. The number of carbonyl (C=O) groups is 3. The summed E-state index contributed by atoms with van der Waals surface area (Å²) >= 11 is 3.32. The fraction of sp³-hybridized carbons (Fsp3) is 0.250. The van der Waals surface area contributed by atoms with Gasteiger partial charge < -0.3 is 14.8 Å². The molecule has 0 unspecified atom stereocenters. The van der Waals surface area contributed by atoms with Crippen LogP contribution in [0.3, 0.4) is 0 Å². The second-order valence-electron chi connectivity index (χ2n) is 6.79. The molecule has 2 atom stereocenters. The number of nitrogens with one attached hydrogen (secondary N) is 1. The van der Waals surface area contributed by atoms with Crippen LogP contribution in [0.25, 0.3) is 0 Å². The molecule has 2 aliphatic heterocycles. The van der Waals surface area contributed by atoms with Crippen molar-refractivity contribution >= 4 is 45.0 Å². The van der Waals surface area contributed by atoms with Gasteiger partial charge in [-0.3, -0.25) is 19.4 Å². The number of carbonyl (C=O) groups excluding carboxylic acids is 3. The van der Waals surface area contributed by atoms with Crippen molar-refractivity contribution in [2.75, 3.05) is 31.0 Å². The summed E-state index contributed by atoms with van der Waals surface area (Å²) in [7, 11) is 3.00. The predicted molar refractivity (Wildman–Crippen MR) is 114 cm³/mol. The van der Waals surface area contributed by atoms with Gasteiger partial charge in [-0.05, 0) is 36.4 Å². The van der Waals surface area contributed by atoms with Gasteiger partial charge in [-0.25, -0.2) is 4.90 Å². The van der Waals surface area contributed by atoms with Gasteiger partial charge >= 0.3 is 0 Å². The minimum atomic E-state index is -0.973. The topological polar surface area (TPSA) is 113 Å². The van der Waals surface area contributed by atoms with Crippen LogP contribution in [0.2, 0.25) is 0 Å². The van der Waals surface area contributed by atoms with Crippen molar-refractivity contribution in [1.29, 1.82) is 0 Å². The molecule has 2 aliphatic rings. The number of benzene rings is 2. The van der Waals surface area contributed by atoms with Crippen LogP contribution in [0.5, 0.6) is 11.5 Å². The molecule has 3 amide bonds. The zero-order valence-electron chi connectivity index (χ0n) is 16.6. The number of amides is 3. The number of halogens is 1. The Morgan fingerprint density at radius 2 is 1.84 bits per heavy atom. The molecule has 1 fully saturated rings. The van der Waals surface area contributed by atoms with Crippen LogP contribution in [0, 0.1) is 0 Å². The lowest BCUT2D eigenvalue weighted by Gasteiger charge is -2.20. The molecule has 0 aliphatic carbocycles. The first kappa shape index (κ1) is 20.8. The second kappa shape index (κ2) is 8.34. The van der Waals surface area contributed by atoms with Gasteiger partial charge in [0, 0.05) is 10.5 Å². The van der Waals surface area contributed by atoms with Crippen molar-refractivity contribution in [3.8, 4) is 11.5 Å². The molecule has 0 aromatic heterocycles. The molecule has 4 rings (SSSR count). The molecule has 160 valence electrons. The maximum Gasteiger partial charge on any atom is 0.263 e. The molecule has 31 heavy (non-hydrogen) atoms. The molecule has 10 nitrogen and oxygen atoms in total. The van der Waals surface area contributed by atoms with E-state index in [9.17, 15) is 14.4 Å². The summed E-state index contributed by atoms with van der Waals surface area (Å²) in [4.78, 5) is 39.4. The largest absolute Gasteiger partial charge is 0.497 e. The highest BCUT2D eigenvalue weighted by atomic mass is 79.9. The molecule has 1 saturated heterocycles. The number of methoxy groups -OCH3 is 2. The number of hydrogen-bond acceptors (Lipinski definition) is 8. The van der Waals surface area contributed by atoms with Crippen molar-refractivity contribution in [1.82, 2.24) is 5.01 Å². The van der Waals surface area contributed by atoms with E-state index in [0.717, 1.165) is 9.37 Å². The number of hydrogen-bond donors (Lipinski definition) is 1. The van der Waals surface area contributed by atoms with Crippen LogP contribution in [0.4, 0.5) is 11.4 Å². The fourth-order valence-electron chi connectivity index (χ4n) is 3.44. The lowest BCUT2D eigenvalue weighted by molar-refractivity contribution is -0.123. The molecule has 0 radical (unpaired) electrons. The van der Waals surface area contributed by atoms with E-state index in [1.165, 1.54) is 19.2 Å². The first-order chi connectivity index (χ1) is 14.9. The highest BCUT2D eigenvalue weighted by Gasteiger charge is 2.55. The summed E-state index contributed by atoms with van der Waals surface area (Å²) in [5.74, 6) is -0.389. The zero-order valence-corrected chi connectivity index (χ0v) is 18.2. The predicted octanol–water partition coefficient (Wildman–Crippen LogP) is 2.40. The van der Waals surface area contributed by atoms with E-state index in [4.69, 9.17) is 9.47 Å². The summed E-state index contributed by atoms with van der Waals surface area (Å²) in [5.41, 5.74) is 0.876. The molecule has 2 aromatic carbocycles. The normalized spacial score (nSPS) is 19.6. The highest BCUT2D eigenvalue weighted by molar-refractivity contribution is 9.10. The lowest BCUT2D eigenvalue weighted by atomic mass is 10.1. The van der Waals surface area contributed by atoms with E-state index in [-0.39, 0.29) is 6.54 Å². The molecule has 11 heteroatoms. The van der Waals surface area contributed by atoms with E-state index in [1.54, 1.807) is 42.5 Å². The highest BCUT2D eigenvalue weighted by Crippen LogP contribution is 2.33. The van der Waals surface area contributed by atoms with Gasteiger partial charge in [0.05, 0.1) is 25.6 Å². The molecular weight excluding hydrogens is 470 g/mol. The number of imide groups is 1. The van der Waals surface area contributed by atoms with Gasteiger partial charge in [0.25, 0.3) is 11.8 Å². The molecule has 0 spiro atoms. The minimum Gasteiger partial charge on any atom is -0.497 e. The van der Waals surface area contributed by atoms with Crippen molar-refractivity contribution in [3.05, 3.63) is 46.9 Å². The molecule has 2 aromatic rings. The number of nitrogens with zero attached hydrogens (tertiary/aromatic N) is 4. The van der Waals surface area contributed by atoms with E-state index < -0.39 is 29.8 Å². The lowest BCUT2D eigenvalue weighted by Crippen LogP contribution is -2.43. The Hall–Kier alpha value is -3.47. The Kier molecular flexibility index (Phi) is 5.59. The van der Waals surface area contributed by atoms with E-state index in [0.29, 0.717) is 22.9 Å². The van der Waals surface area contributed by atoms with Crippen LogP contribution < -0.4 is 19.7 Å². The van der Waals surface area contributed by atoms with Crippen LogP contribution in [-0.2, 0) is 14.4 Å². The molecule has 0 saturated carbocycles. The van der Waals surface area contributed by atoms with Crippen LogP contribution in [-0.4, -0.2) is 55.6 Å². The standard InChI is InChI=1S/C20H18BrN5O5/c1-30-13-7-8-14(15(9-13)31-2)22-16(27)10-25-18-17(23-24-25)19(28)26(20(18)29)12-5-3-11(21)4-6-12/h3-9,17-18H,10H2,1-2H3,(H,22,27)/t17-,18-/m1/s1. The SMILES string of the molecule is COc1ccc(NC(=O)CN2N=N[C@H]3C(=O)N(c4ccc(Br)cc4)C(=O)[C@@H]32)c(OC)c1.